The Hall–Kier alpha value is -1.87. The van der Waals surface area contributed by atoms with Crippen molar-refractivity contribution in [3.8, 4) is 0 Å². The number of hydrogen-bond acceptors (Lipinski definition) is 3. The average molecular weight is 243 g/mol. The molecule has 0 aliphatic rings. The van der Waals surface area contributed by atoms with E-state index in [2.05, 4.69) is 40.4 Å². The van der Waals surface area contributed by atoms with Crippen LogP contribution in [0.1, 0.15) is 12.0 Å². The number of hydrogen-bond donors (Lipinski definition) is 1. The zero-order valence-corrected chi connectivity index (χ0v) is 10.5. The molecule has 0 atom stereocenters. The number of methoxy groups -OCH3 is 1. The fourth-order valence-corrected chi connectivity index (χ4v) is 1.96. The van der Waals surface area contributed by atoms with Gasteiger partial charge >= 0.3 is 5.97 Å². The third-order valence-electron chi connectivity index (χ3n) is 2.93. The Morgan fingerprint density at radius 1 is 1.17 bits per heavy atom. The van der Waals surface area contributed by atoms with Gasteiger partial charge < -0.3 is 10.1 Å². The van der Waals surface area contributed by atoms with Crippen molar-refractivity contribution in [3.05, 3.63) is 48.0 Å². The number of carbonyl (C=O) groups excluding carboxylic acids is 1. The summed E-state index contributed by atoms with van der Waals surface area (Å²) in [7, 11) is 1.41. The summed E-state index contributed by atoms with van der Waals surface area (Å²) in [6.45, 7) is 1.40. The summed E-state index contributed by atoms with van der Waals surface area (Å²) in [6.07, 6.45) is 0.404. The molecule has 3 heteroatoms. The first-order valence-electron chi connectivity index (χ1n) is 6.05. The molecule has 2 aromatic carbocycles. The summed E-state index contributed by atoms with van der Waals surface area (Å²) >= 11 is 0. The molecule has 0 heterocycles. The van der Waals surface area contributed by atoms with Gasteiger partial charge in [-0.3, -0.25) is 4.79 Å². The molecule has 0 spiro atoms. The molecule has 0 fully saturated rings. The Balaban J connectivity index is 1.97. The van der Waals surface area contributed by atoms with Crippen molar-refractivity contribution in [2.24, 2.45) is 0 Å². The standard InChI is InChI=1S/C15H17NO2/c1-18-15(17)9-10-16-11-13-7-4-6-12-5-2-3-8-14(12)13/h2-8,16H,9-11H2,1H3. The maximum absolute atomic E-state index is 11.0. The monoisotopic (exact) mass is 243 g/mol. The van der Waals surface area contributed by atoms with Crippen molar-refractivity contribution in [1.29, 1.82) is 0 Å². The lowest BCUT2D eigenvalue weighted by Gasteiger charge is -2.07. The van der Waals surface area contributed by atoms with Crippen molar-refractivity contribution in [3.63, 3.8) is 0 Å². The van der Waals surface area contributed by atoms with Crippen LogP contribution in [0.5, 0.6) is 0 Å². The number of rotatable bonds is 5. The SMILES string of the molecule is COC(=O)CCNCc1cccc2ccccc12. The highest BCUT2D eigenvalue weighted by molar-refractivity contribution is 5.85. The van der Waals surface area contributed by atoms with Gasteiger partial charge in [-0.2, -0.15) is 0 Å². The molecule has 0 amide bonds. The largest absolute Gasteiger partial charge is 0.469 e. The van der Waals surface area contributed by atoms with Crippen molar-refractivity contribution in [2.45, 2.75) is 13.0 Å². The number of esters is 1. The second-order valence-electron chi connectivity index (χ2n) is 4.14. The highest BCUT2D eigenvalue weighted by Crippen LogP contribution is 2.18. The zero-order valence-electron chi connectivity index (χ0n) is 10.5. The highest BCUT2D eigenvalue weighted by atomic mass is 16.5. The lowest BCUT2D eigenvalue weighted by Crippen LogP contribution is -2.18. The predicted octanol–water partition coefficient (Wildman–Crippen LogP) is 2.49. The van der Waals surface area contributed by atoms with Crippen LogP contribution in [0.15, 0.2) is 42.5 Å². The molecule has 94 valence electrons. The summed E-state index contributed by atoms with van der Waals surface area (Å²) in [6, 6.07) is 14.6. The van der Waals surface area contributed by atoms with Gasteiger partial charge in [-0.15, -0.1) is 0 Å². The van der Waals surface area contributed by atoms with Gasteiger partial charge in [0.1, 0.15) is 0 Å². The highest BCUT2D eigenvalue weighted by Gasteiger charge is 2.01. The first kappa shape index (κ1) is 12.6. The van der Waals surface area contributed by atoms with E-state index in [0.717, 1.165) is 6.54 Å². The van der Waals surface area contributed by atoms with Crippen LogP contribution in [0.4, 0.5) is 0 Å². The summed E-state index contributed by atoms with van der Waals surface area (Å²) < 4.78 is 4.59. The molecular weight excluding hydrogens is 226 g/mol. The fourth-order valence-electron chi connectivity index (χ4n) is 1.96. The fraction of sp³-hybridized carbons (Fsp3) is 0.267. The van der Waals surface area contributed by atoms with E-state index in [1.165, 1.54) is 23.4 Å². The number of carbonyl (C=O) groups is 1. The lowest BCUT2D eigenvalue weighted by molar-refractivity contribution is -0.140. The predicted molar refractivity (Wildman–Crippen MR) is 72.3 cm³/mol. The first-order chi connectivity index (χ1) is 8.81. The van der Waals surface area contributed by atoms with Crippen molar-refractivity contribution >= 4 is 16.7 Å². The van der Waals surface area contributed by atoms with E-state index in [-0.39, 0.29) is 5.97 Å². The van der Waals surface area contributed by atoms with Crippen molar-refractivity contribution in [1.82, 2.24) is 5.32 Å². The zero-order chi connectivity index (χ0) is 12.8. The summed E-state index contributed by atoms with van der Waals surface area (Å²) in [5, 5.41) is 5.75. The summed E-state index contributed by atoms with van der Waals surface area (Å²) in [4.78, 5) is 11.0. The third-order valence-corrected chi connectivity index (χ3v) is 2.93. The third kappa shape index (κ3) is 3.08. The minimum atomic E-state index is -0.180. The van der Waals surface area contributed by atoms with Gasteiger partial charge in [0.2, 0.25) is 0 Å². The van der Waals surface area contributed by atoms with E-state index < -0.39 is 0 Å². The summed E-state index contributed by atoms with van der Waals surface area (Å²) in [5.41, 5.74) is 1.25. The van der Waals surface area contributed by atoms with E-state index in [0.29, 0.717) is 13.0 Å². The molecule has 0 aliphatic carbocycles. The number of ether oxygens (including phenoxy) is 1. The van der Waals surface area contributed by atoms with Gasteiger partial charge in [0.05, 0.1) is 13.5 Å². The van der Waals surface area contributed by atoms with Gasteiger partial charge in [0, 0.05) is 13.1 Å². The van der Waals surface area contributed by atoms with Crippen LogP contribution in [-0.2, 0) is 16.1 Å². The molecule has 0 unspecified atom stereocenters. The molecule has 2 rings (SSSR count). The minimum absolute atomic E-state index is 0.180. The minimum Gasteiger partial charge on any atom is -0.469 e. The van der Waals surface area contributed by atoms with Crippen LogP contribution in [0.3, 0.4) is 0 Å². The first-order valence-corrected chi connectivity index (χ1v) is 6.05. The van der Waals surface area contributed by atoms with Crippen molar-refractivity contribution in [2.75, 3.05) is 13.7 Å². The van der Waals surface area contributed by atoms with E-state index in [1.807, 2.05) is 12.1 Å². The molecule has 0 radical (unpaired) electrons. The van der Waals surface area contributed by atoms with Crippen molar-refractivity contribution < 1.29 is 9.53 Å². The van der Waals surface area contributed by atoms with Crippen LogP contribution in [0.2, 0.25) is 0 Å². The maximum Gasteiger partial charge on any atom is 0.306 e. The quantitative estimate of drug-likeness (QED) is 0.647. The molecule has 3 nitrogen and oxygen atoms in total. The lowest BCUT2D eigenvalue weighted by atomic mass is 10.0. The average Bonchev–Trinajstić information content (AvgIpc) is 2.43. The number of nitrogens with one attached hydrogen (secondary N) is 1. The number of fused-ring (bicyclic) bond motifs is 1. The molecular formula is C15H17NO2. The molecule has 0 aromatic heterocycles. The van der Waals surface area contributed by atoms with Crippen LogP contribution in [-0.4, -0.2) is 19.6 Å². The van der Waals surface area contributed by atoms with Crippen LogP contribution in [0.25, 0.3) is 10.8 Å². The molecule has 0 saturated heterocycles. The molecule has 18 heavy (non-hydrogen) atoms. The van der Waals surface area contributed by atoms with Gasteiger partial charge in [-0.1, -0.05) is 42.5 Å². The van der Waals surface area contributed by atoms with Crippen LogP contribution >= 0.6 is 0 Å². The Morgan fingerprint density at radius 3 is 2.78 bits per heavy atom. The Bertz CT molecular complexity index is 532. The van der Waals surface area contributed by atoms with Crippen LogP contribution in [0, 0.1) is 0 Å². The van der Waals surface area contributed by atoms with Gasteiger partial charge in [-0.05, 0) is 16.3 Å². The molecule has 0 aliphatic heterocycles. The van der Waals surface area contributed by atoms with Gasteiger partial charge in [0.25, 0.3) is 0 Å². The van der Waals surface area contributed by atoms with Crippen LogP contribution < -0.4 is 5.32 Å². The van der Waals surface area contributed by atoms with E-state index in [4.69, 9.17) is 0 Å². The van der Waals surface area contributed by atoms with E-state index in [9.17, 15) is 4.79 Å². The number of benzene rings is 2. The van der Waals surface area contributed by atoms with E-state index in [1.54, 1.807) is 0 Å². The molecule has 1 N–H and O–H groups in total. The summed E-state index contributed by atoms with van der Waals surface area (Å²) in [5.74, 6) is -0.180. The molecule has 2 aromatic rings. The van der Waals surface area contributed by atoms with E-state index >= 15 is 0 Å². The maximum atomic E-state index is 11.0. The Kier molecular flexibility index (Phi) is 4.31. The topological polar surface area (TPSA) is 38.3 Å². The van der Waals surface area contributed by atoms with Gasteiger partial charge in [-0.25, -0.2) is 0 Å². The molecule has 0 bridgehead atoms. The molecule has 0 saturated carbocycles. The Morgan fingerprint density at radius 2 is 1.94 bits per heavy atom. The Labute approximate surface area is 107 Å². The second-order valence-corrected chi connectivity index (χ2v) is 4.14. The normalized spacial score (nSPS) is 10.5. The van der Waals surface area contributed by atoms with Gasteiger partial charge in [0.15, 0.2) is 0 Å². The smallest absolute Gasteiger partial charge is 0.306 e. The second kappa shape index (κ2) is 6.17.